The van der Waals surface area contributed by atoms with E-state index < -0.39 is 86.8 Å². The molecule has 2 fully saturated rings. The number of amides is 1. The molecule has 2 aliphatic heterocycles. The second-order valence-corrected chi connectivity index (χ2v) is 20.4. The monoisotopic (exact) mass is 1060 g/mol. The predicted octanol–water partition coefficient (Wildman–Crippen LogP) is 9.72. The Labute approximate surface area is 452 Å². The lowest BCUT2D eigenvalue weighted by Crippen LogP contribution is -2.65. The van der Waals surface area contributed by atoms with E-state index >= 15 is 0 Å². The summed E-state index contributed by atoms with van der Waals surface area (Å²) in [6.07, 6.45) is 45.0. The van der Waals surface area contributed by atoms with Crippen LogP contribution >= 0.6 is 0 Å². The van der Waals surface area contributed by atoms with Gasteiger partial charge in [-0.3, -0.25) is 4.79 Å². The van der Waals surface area contributed by atoms with Crippen molar-refractivity contribution in [2.75, 3.05) is 19.8 Å². The van der Waals surface area contributed by atoms with Crippen molar-refractivity contribution in [1.29, 1.82) is 0 Å². The predicted molar refractivity (Wildman–Crippen MR) is 300 cm³/mol. The largest absolute Gasteiger partial charge is 0.394 e. The number of unbranched alkanes of at least 4 members (excludes halogenated alkanes) is 20. The summed E-state index contributed by atoms with van der Waals surface area (Å²) in [4.78, 5) is 13.2. The van der Waals surface area contributed by atoms with E-state index in [1.807, 2.05) is 6.08 Å². The van der Waals surface area contributed by atoms with Gasteiger partial charge < -0.3 is 65.1 Å². The van der Waals surface area contributed by atoms with Gasteiger partial charge in [0, 0.05) is 6.42 Å². The lowest BCUT2D eigenvalue weighted by molar-refractivity contribution is -0.359. The molecule has 2 rings (SSSR count). The summed E-state index contributed by atoms with van der Waals surface area (Å²) >= 11 is 0. The van der Waals surface area contributed by atoms with Gasteiger partial charge in [-0.1, -0.05) is 208 Å². The third kappa shape index (κ3) is 32.0. The molecule has 1 amide bonds. The molecule has 0 aromatic heterocycles. The van der Waals surface area contributed by atoms with Gasteiger partial charge in [-0.05, 0) is 70.6 Å². The van der Waals surface area contributed by atoms with Crippen LogP contribution in [-0.4, -0.2) is 140 Å². The molecule has 0 saturated carbocycles. The first-order valence-electron chi connectivity index (χ1n) is 29.3. The van der Waals surface area contributed by atoms with E-state index in [0.717, 1.165) is 83.5 Å². The summed E-state index contributed by atoms with van der Waals surface area (Å²) in [6.45, 7) is 2.64. The Hall–Kier alpha value is -2.83. The van der Waals surface area contributed by atoms with Gasteiger partial charge >= 0.3 is 0 Å². The lowest BCUT2D eigenvalue weighted by atomic mass is 9.97. The highest BCUT2D eigenvalue weighted by Crippen LogP contribution is 2.30. The summed E-state index contributed by atoms with van der Waals surface area (Å²) in [7, 11) is 0. The average Bonchev–Trinajstić information content (AvgIpc) is 3.41. The number of carbonyl (C=O) groups is 1. The zero-order valence-electron chi connectivity index (χ0n) is 46.3. The van der Waals surface area contributed by atoms with Crippen molar-refractivity contribution in [3.05, 3.63) is 85.1 Å². The number of ether oxygens (including phenoxy) is 4. The van der Waals surface area contributed by atoms with Crippen molar-refractivity contribution in [3.63, 3.8) is 0 Å². The Balaban J connectivity index is 1.66. The van der Waals surface area contributed by atoms with Crippen molar-refractivity contribution >= 4 is 5.91 Å². The zero-order chi connectivity index (χ0) is 54.6. The van der Waals surface area contributed by atoms with E-state index in [2.05, 4.69) is 92.1 Å². The molecule has 12 atom stereocenters. The first-order valence-corrected chi connectivity index (χ1v) is 29.3. The second-order valence-electron chi connectivity index (χ2n) is 20.4. The Morgan fingerprint density at radius 1 is 0.493 bits per heavy atom. The van der Waals surface area contributed by atoms with Crippen LogP contribution in [0.5, 0.6) is 0 Å². The van der Waals surface area contributed by atoms with Crippen LogP contribution in [0.25, 0.3) is 0 Å². The standard InChI is InChI=1S/C61H105NO13/c1-3-5-7-9-11-13-15-16-17-18-19-20-21-22-23-24-25-26-27-28-29-30-31-32-33-34-35-37-39-41-43-45-53(66)62-49(50(65)44-42-40-38-36-14-12-10-8-6-4-2)48-72-60-58(71)56(69)59(52(47-64)74-60)75-61-57(70)55(68)54(67)51(46-63)73-61/h5,7,11,13,16-17,19-20,22-23,25-26,42,44,49-52,54-61,63-65,67-71H,3-4,6,8-10,12,14-15,18,21,24,27-41,43,45-48H2,1-2H3,(H,62,66)/b7-5-,13-11-,17-16-,20-19-,23-22-,26-25-,44-42+. The normalized spacial score (nSPS) is 25.7. The van der Waals surface area contributed by atoms with E-state index in [1.165, 1.54) is 89.9 Å². The molecule has 0 aromatic rings. The van der Waals surface area contributed by atoms with Gasteiger partial charge in [-0.2, -0.15) is 0 Å². The molecule has 9 N–H and O–H groups in total. The van der Waals surface area contributed by atoms with E-state index in [9.17, 15) is 45.6 Å². The van der Waals surface area contributed by atoms with Gasteiger partial charge in [0.2, 0.25) is 5.91 Å². The summed E-state index contributed by atoms with van der Waals surface area (Å²) in [5.41, 5.74) is 0. The van der Waals surface area contributed by atoms with Crippen LogP contribution in [0.2, 0.25) is 0 Å². The molecule has 2 aliphatic rings. The SMILES string of the molecule is CC/C=C\C/C=C\C/C=C\C/C=C\C/C=C\C/C=C\CCCCCCCCCCCCCCC(=O)NC(COC1OC(CO)C(OC2OC(CO)C(O)C(O)C2O)C(O)C1O)C(O)/C=C/CCCCCCCCCC. The van der Waals surface area contributed by atoms with Gasteiger partial charge in [0.05, 0.1) is 32.0 Å². The quantitative estimate of drug-likeness (QED) is 0.0205. The highest BCUT2D eigenvalue weighted by molar-refractivity contribution is 5.76. The summed E-state index contributed by atoms with van der Waals surface area (Å²) < 4.78 is 22.7. The number of allylic oxidation sites excluding steroid dienone is 13. The molecule has 0 radical (unpaired) electrons. The number of hydrogen-bond acceptors (Lipinski definition) is 13. The minimum Gasteiger partial charge on any atom is -0.394 e. The number of hydrogen-bond donors (Lipinski definition) is 9. The summed E-state index contributed by atoms with van der Waals surface area (Å²) in [6, 6.07) is -0.918. The van der Waals surface area contributed by atoms with E-state index in [0.29, 0.717) is 6.42 Å². The number of rotatable bonds is 45. The van der Waals surface area contributed by atoms with Crippen LogP contribution in [0.15, 0.2) is 85.1 Å². The third-order valence-electron chi connectivity index (χ3n) is 13.8. The van der Waals surface area contributed by atoms with Crippen LogP contribution in [0.3, 0.4) is 0 Å². The third-order valence-corrected chi connectivity index (χ3v) is 13.8. The molecule has 0 spiro atoms. The molecule has 0 aromatic carbocycles. The van der Waals surface area contributed by atoms with Gasteiger partial charge in [0.15, 0.2) is 12.6 Å². The molecule has 432 valence electrons. The summed E-state index contributed by atoms with van der Waals surface area (Å²) in [5.74, 6) is -0.247. The van der Waals surface area contributed by atoms with Crippen LogP contribution in [0.4, 0.5) is 0 Å². The summed E-state index contributed by atoms with van der Waals surface area (Å²) in [5, 5.41) is 86.8. The molecular weight excluding hydrogens is 955 g/mol. The molecule has 0 aliphatic carbocycles. The number of aliphatic hydroxyl groups excluding tert-OH is 8. The fourth-order valence-electron chi connectivity index (χ4n) is 9.12. The van der Waals surface area contributed by atoms with Gasteiger partial charge in [0.25, 0.3) is 0 Å². The highest BCUT2D eigenvalue weighted by Gasteiger charge is 2.51. The van der Waals surface area contributed by atoms with Crippen LogP contribution in [-0.2, 0) is 23.7 Å². The van der Waals surface area contributed by atoms with Crippen molar-refractivity contribution in [1.82, 2.24) is 5.32 Å². The van der Waals surface area contributed by atoms with Crippen molar-refractivity contribution in [3.8, 4) is 0 Å². The minimum atomic E-state index is -1.79. The fourth-order valence-corrected chi connectivity index (χ4v) is 9.12. The minimum absolute atomic E-state index is 0.247. The zero-order valence-corrected chi connectivity index (χ0v) is 46.3. The molecule has 14 heteroatoms. The van der Waals surface area contributed by atoms with Crippen LogP contribution in [0.1, 0.15) is 200 Å². The smallest absolute Gasteiger partial charge is 0.220 e. The molecule has 14 nitrogen and oxygen atoms in total. The maximum atomic E-state index is 13.2. The molecule has 12 unspecified atom stereocenters. The molecule has 75 heavy (non-hydrogen) atoms. The second kappa shape index (κ2) is 46.1. The van der Waals surface area contributed by atoms with E-state index in [4.69, 9.17) is 18.9 Å². The van der Waals surface area contributed by atoms with Gasteiger partial charge in [-0.15, -0.1) is 0 Å². The van der Waals surface area contributed by atoms with E-state index in [-0.39, 0.29) is 18.9 Å². The van der Waals surface area contributed by atoms with Crippen LogP contribution in [0, 0.1) is 0 Å². The Morgan fingerprint density at radius 2 is 0.920 bits per heavy atom. The first kappa shape index (κ1) is 68.3. The Kier molecular flexibility index (Phi) is 42.0. The topological polar surface area (TPSA) is 228 Å². The molecule has 2 heterocycles. The number of aliphatic hydroxyl groups is 8. The maximum absolute atomic E-state index is 13.2. The maximum Gasteiger partial charge on any atom is 0.220 e. The lowest BCUT2D eigenvalue weighted by Gasteiger charge is -2.46. The first-order chi connectivity index (χ1) is 36.6. The Morgan fingerprint density at radius 3 is 1.41 bits per heavy atom. The highest BCUT2D eigenvalue weighted by atomic mass is 16.7. The van der Waals surface area contributed by atoms with Crippen molar-refractivity contribution < 1.29 is 64.6 Å². The van der Waals surface area contributed by atoms with Crippen molar-refractivity contribution in [2.24, 2.45) is 0 Å². The van der Waals surface area contributed by atoms with Gasteiger partial charge in [-0.25, -0.2) is 0 Å². The molecule has 0 bridgehead atoms. The molecule has 2 saturated heterocycles. The average molecular weight is 1060 g/mol. The Bertz CT molecular complexity index is 1580. The molecular formula is C61H105NO13. The number of carbonyl (C=O) groups excluding carboxylic acids is 1. The van der Waals surface area contributed by atoms with Crippen LogP contribution < -0.4 is 5.32 Å². The van der Waals surface area contributed by atoms with E-state index in [1.54, 1.807) is 6.08 Å². The van der Waals surface area contributed by atoms with Gasteiger partial charge in [0.1, 0.15) is 48.8 Å². The fraction of sp³-hybridized carbons (Fsp3) is 0.754. The van der Waals surface area contributed by atoms with Crippen molar-refractivity contribution in [2.45, 2.75) is 274 Å². The number of nitrogens with one attached hydrogen (secondary N) is 1.